The van der Waals surface area contributed by atoms with Crippen molar-refractivity contribution in [3.63, 3.8) is 0 Å². The SMILES string of the molecule is CC(=O)Nc1cccc(OC(F)(F)C(F)F)c1. The predicted molar refractivity (Wildman–Crippen MR) is 52.3 cm³/mol. The van der Waals surface area contributed by atoms with Crippen LogP contribution in [-0.4, -0.2) is 18.4 Å². The Morgan fingerprint density at radius 1 is 1.41 bits per heavy atom. The zero-order valence-electron chi connectivity index (χ0n) is 8.72. The van der Waals surface area contributed by atoms with Crippen molar-refractivity contribution >= 4 is 11.6 Å². The normalized spacial score (nSPS) is 11.4. The van der Waals surface area contributed by atoms with Crippen molar-refractivity contribution in [2.24, 2.45) is 0 Å². The average Bonchev–Trinajstić information content (AvgIpc) is 2.15. The Morgan fingerprint density at radius 3 is 2.59 bits per heavy atom. The van der Waals surface area contributed by atoms with Gasteiger partial charge in [0.1, 0.15) is 5.75 Å². The van der Waals surface area contributed by atoms with Crippen LogP contribution in [0.25, 0.3) is 0 Å². The molecular formula is C10H9F4NO2. The summed E-state index contributed by atoms with van der Waals surface area (Å²) >= 11 is 0. The van der Waals surface area contributed by atoms with Crippen LogP contribution in [0.15, 0.2) is 24.3 Å². The van der Waals surface area contributed by atoms with Crippen LogP contribution in [0.1, 0.15) is 6.92 Å². The van der Waals surface area contributed by atoms with Gasteiger partial charge in [-0.3, -0.25) is 4.79 Å². The highest BCUT2D eigenvalue weighted by Gasteiger charge is 2.43. The third kappa shape index (κ3) is 3.93. The predicted octanol–water partition coefficient (Wildman–Crippen LogP) is 2.88. The summed E-state index contributed by atoms with van der Waals surface area (Å²) in [7, 11) is 0. The van der Waals surface area contributed by atoms with Gasteiger partial charge in [0, 0.05) is 18.7 Å². The molecule has 7 heteroatoms. The molecule has 0 atom stereocenters. The molecule has 0 aromatic heterocycles. The lowest BCUT2D eigenvalue weighted by atomic mass is 10.3. The minimum absolute atomic E-state index is 0.181. The maximum Gasteiger partial charge on any atom is 0.461 e. The van der Waals surface area contributed by atoms with E-state index in [4.69, 9.17) is 0 Å². The van der Waals surface area contributed by atoms with Gasteiger partial charge in [0.2, 0.25) is 5.91 Å². The molecule has 1 aromatic carbocycles. The lowest BCUT2D eigenvalue weighted by Crippen LogP contribution is -2.33. The molecule has 3 nitrogen and oxygen atoms in total. The zero-order valence-corrected chi connectivity index (χ0v) is 8.72. The number of carbonyl (C=O) groups excluding carboxylic acids is 1. The largest absolute Gasteiger partial charge is 0.461 e. The van der Waals surface area contributed by atoms with Crippen LogP contribution in [0, 0.1) is 0 Å². The van der Waals surface area contributed by atoms with E-state index < -0.39 is 24.2 Å². The Kier molecular flexibility index (Phi) is 3.93. The van der Waals surface area contributed by atoms with Gasteiger partial charge in [-0.2, -0.15) is 17.6 Å². The van der Waals surface area contributed by atoms with Gasteiger partial charge in [-0.15, -0.1) is 0 Å². The van der Waals surface area contributed by atoms with Gasteiger partial charge in [0.15, 0.2) is 0 Å². The van der Waals surface area contributed by atoms with Crippen molar-refractivity contribution in [3.8, 4) is 5.75 Å². The molecule has 1 aromatic rings. The van der Waals surface area contributed by atoms with Crippen LogP contribution in [-0.2, 0) is 4.79 Å². The molecule has 0 saturated carbocycles. The molecule has 17 heavy (non-hydrogen) atoms. The number of nitrogens with one attached hydrogen (secondary N) is 1. The second-order valence-electron chi connectivity index (χ2n) is 3.17. The smallest absolute Gasteiger partial charge is 0.428 e. The van der Waals surface area contributed by atoms with Crippen molar-refractivity contribution < 1.29 is 27.1 Å². The summed E-state index contributed by atoms with van der Waals surface area (Å²) in [4.78, 5) is 10.7. The van der Waals surface area contributed by atoms with Crippen molar-refractivity contribution in [2.45, 2.75) is 19.5 Å². The van der Waals surface area contributed by atoms with Gasteiger partial charge in [-0.25, -0.2) is 0 Å². The van der Waals surface area contributed by atoms with E-state index in [1.54, 1.807) is 0 Å². The Bertz CT molecular complexity index is 409. The molecule has 0 unspecified atom stereocenters. The Hall–Kier alpha value is -1.79. The number of halogens is 4. The summed E-state index contributed by atoms with van der Waals surface area (Å²) in [5, 5.41) is 2.31. The molecule has 0 aliphatic heterocycles. The first-order valence-electron chi connectivity index (χ1n) is 4.54. The Morgan fingerprint density at radius 2 is 2.06 bits per heavy atom. The number of rotatable bonds is 4. The number of amides is 1. The van der Waals surface area contributed by atoms with Crippen LogP contribution >= 0.6 is 0 Å². The first-order valence-corrected chi connectivity index (χ1v) is 4.54. The molecule has 1 rings (SSSR count). The molecule has 0 fully saturated rings. The van der Waals surface area contributed by atoms with Gasteiger partial charge < -0.3 is 10.1 Å². The lowest BCUT2D eigenvalue weighted by molar-refractivity contribution is -0.253. The molecule has 1 amide bonds. The third-order valence-corrected chi connectivity index (χ3v) is 1.66. The topological polar surface area (TPSA) is 38.3 Å². The van der Waals surface area contributed by atoms with Crippen LogP contribution in [0.4, 0.5) is 23.2 Å². The second kappa shape index (κ2) is 5.03. The van der Waals surface area contributed by atoms with Crippen LogP contribution in [0.2, 0.25) is 0 Å². The summed E-state index contributed by atoms with van der Waals surface area (Å²) in [6.45, 7) is 1.22. The number of ether oxygens (including phenoxy) is 1. The Labute approximate surface area is 94.4 Å². The van der Waals surface area contributed by atoms with Crippen LogP contribution in [0.5, 0.6) is 5.75 Å². The summed E-state index contributed by atoms with van der Waals surface area (Å²) < 4.78 is 52.7. The number of benzene rings is 1. The van der Waals surface area contributed by atoms with E-state index in [0.717, 1.165) is 12.1 Å². The van der Waals surface area contributed by atoms with E-state index in [-0.39, 0.29) is 5.69 Å². The first kappa shape index (κ1) is 13.3. The highest BCUT2D eigenvalue weighted by atomic mass is 19.3. The maximum atomic E-state index is 12.6. The van der Waals surface area contributed by atoms with Crippen LogP contribution < -0.4 is 10.1 Å². The number of carbonyl (C=O) groups is 1. The van der Waals surface area contributed by atoms with Gasteiger partial charge in [-0.05, 0) is 12.1 Å². The molecule has 0 aliphatic rings. The first-order chi connectivity index (χ1) is 7.81. The van der Waals surface area contributed by atoms with Crippen LogP contribution in [0.3, 0.4) is 0 Å². The fourth-order valence-corrected chi connectivity index (χ4v) is 1.04. The zero-order chi connectivity index (χ0) is 13.1. The molecule has 1 N–H and O–H groups in total. The molecular weight excluding hydrogens is 242 g/mol. The van der Waals surface area contributed by atoms with E-state index in [9.17, 15) is 22.4 Å². The van der Waals surface area contributed by atoms with Gasteiger partial charge in [0.25, 0.3) is 0 Å². The minimum Gasteiger partial charge on any atom is -0.428 e. The molecule has 0 spiro atoms. The average molecular weight is 251 g/mol. The highest BCUT2D eigenvalue weighted by Crippen LogP contribution is 2.28. The molecule has 0 aliphatic carbocycles. The highest BCUT2D eigenvalue weighted by molar-refractivity contribution is 5.88. The monoisotopic (exact) mass is 251 g/mol. The number of hydrogen-bond acceptors (Lipinski definition) is 2. The summed E-state index contributed by atoms with van der Waals surface area (Å²) in [6, 6.07) is 4.82. The van der Waals surface area contributed by atoms with Crippen molar-refractivity contribution in [2.75, 3.05) is 5.32 Å². The van der Waals surface area contributed by atoms with Gasteiger partial charge in [-0.1, -0.05) is 6.07 Å². The fourth-order valence-electron chi connectivity index (χ4n) is 1.04. The molecule has 0 radical (unpaired) electrons. The lowest BCUT2D eigenvalue weighted by Gasteiger charge is -2.17. The molecule has 0 bridgehead atoms. The summed E-state index contributed by atoms with van der Waals surface area (Å²) in [5.41, 5.74) is 0.181. The quantitative estimate of drug-likeness (QED) is 0.835. The van der Waals surface area contributed by atoms with E-state index >= 15 is 0 Å². The van der Waals surface area contributed by atoms with E-state index in [0.29, 0.717) is 0 Å². The van der Waals surface area contributed by atoms with Crippen molar-refractivity contribution in [1.29, 1.82) is 0 Å². The maximum absolute atomic E-state index is 12.6. The molecule has 0 saturated heterocycles. The fraction of sp³-hybridized carbons (Fsp3) is 0.300. The Balaban J connectivity index is 2.82. The van der Waals surface area contributed by atoms with E-state index in [1.165, 1.54) is 19.1 Å². The summed E-state index contributed by atoms with van der Waals surface area (Å²) in [6.07, 6.45) is -8.48. The third-order valence-electron chi connectivity index (χ3n) is 1.66. The minimum atomic E-state index is -4.56. The molecule has 94 valence electrons. The second-order valence-corrected chi connectivity index (χ2v) is 3.17. The van der Waals surface area contributed by atoms with Gasteiger partial charge in [0.05, 0.1) is 0 Å². The standard InChI is InChI=1S/C10H9F4NO2/c1-6(16)15-7-3-2-4-8(5-7)17-10(13,14)9(11)12/h2-5,9H,1H3,(H,15,16). The molecule has 0 heterocycles. The van der Waals surface area contributed by atoms with Crippen molar-refractivity contribution in [3.05, 3.63) is 24.3 Å². The number of alkyl halides is 4. The summed E-state index contributed by atoms with van der Waals surface area (Å²) in [5.74, 6) is -0.871. The number of anilines is 1. The van der Waals surface area contributed by atoms with E-state index in [2.05, 4.69) is 10.1 Å². The van der Waals surface area contributed by atoms with Crippen molar-refractivity contribution in [1.82, 2.24) is 0 Å². The van der Waals surface area contributed by atoms with E-state index in [1.807, 2.05) is 0 Å². The number of hydrogen-bond donors (Lipinski definition) is 1. The van der Waals surface area contributed by atoms with Gasteiger partial charge >= 0.3 is 12.5 Å².